The van der Waals surface area contributed by atoms with Crippen molar-refractivity contribution in [3.63, 3.8) is 0 Å². The number of hydroxylamine groups is 1. The van der Waals surface area contributed by atoms with Gasteiger partial charge in [-0.1, -0.05) is 23.5 Å². The zero-order valence-electron chi connectivity index (χ0n) is 6.91. The Bertz CT molecular complexity index is 449. The van der Waals surface area contributed by atoms with Crippen LogP contribution in [0, 0.1) is 0 Å². The second kappa shape index (κ2) is 3.24. The number of rotatable bonds is 1. The summed E-state index contributed by atoms with van der Waals surface area (Å²) in [7, 11) is 0. The van der Waals surface area contributed by atoms with Crippen molar-refractivity contribution in [2.45, 2.75) is 0 Å². The summed E-state index contributed by atoms with van der Waals surface area (Å²) in [5.74, 6) is 0. The lowest BCUT2D eigenvalue weighted by atomic mass is 10.3. The summed E-state index contributed by atoms with van der Waals surface area (Å²) in [5, 5.41) is 17.8. The number of amides is 1. The van der Waals surface area contributed by atoms with Crippen LogP contribution in [0.4, 0.5) is 9.93 Å². The van der Waals surface area contributed by atoms with Gasteiger partial charge < -0.3 is 5.11 Å². The average Bonchev–Trinajstić information content (AvgIpc) is 2.59. The molecule has 0 bridgehead atoms. The van der Waals surface area contributed by atoms with Crippen molar-refractivity contribution in [2.75, 3.05) is 5.06 Å². The van der Waals surface area contributed by atoms with Crippen molar-refractivity contribution in [2.24, 2.45) is 0 Å². The van der Waals surface area contributed by atoms with Gasteiger partial charge in [0, 0.05) is 0 Å². The monoisotopic (exact) mass is 210 g/mol. The number of aromatic nitrogens is 1. The van der Waals surface area contributed by atoms with Gasteiger partial charge in [-0.05, 0) is 12.1 Å². The molecule has 0 fully saturated rings. The van der Waals surface area contributed by atoms with E-state index in [1.54, 1.807) is 12.1 Å². The maximum atomic E-state index is 10.4. The summed E-state index contributed by atoms with van der Waals surface area (Å²) in [4.78, 5) is 14.4. The summed E-state index contributed by atoms with van der Waals surface area (Å²) in [6.45, 7) is 0. The summed E-state index contributed by atoms with van der Waals surface area (Å²) in [6.07, 6.45) is -1.44. The molecule has 5 nitrogen and oxygen atoms in total. The van der Waals surface area contributed by atoms with E-state index in [1.165, 1.54) is 0 Å². The fraction of sp³-hybridized carbons (Fsp3) is 0. The van der Waals surface area contributed by atoms with Crippen LogP contribution in [-0.2, 0) is 0 Å². The van der Waals surface area contributed by atoms with Gasteiger partial charge in [-0.3, -0.25) is 5.21 Å². The molecular weight excluding hydrogens is 204 g/mol. The summed E-state index contributed by atoms with van der Waals surface area (Å²) >= 11 is 1.12. The van der Waals surface area contributed by atoms with Crippen LogP contribution < -0.4 is 5.06 Å². The number of carbonyl (C=O) groups is 1. The van der Waals surface area contributed by atoms with Crippen LogP contribution in [0.1, 0.15) is 0 Å². The quantitative estimate of drug-likeness (QED) is 0.558. The van der Waals surface area contributed by atoms with Crippen LogP contribution in [0.3, 0.4) is 0 Å². The highest BCUT2D eigenvalue weighted by Crippen LogP contribution is 2.27. The van der Waals surface area contributed by atoms with Gasteiger partial charge in [-0.2, -0.15) is 0 Å². The minimum absolute atomic E-state index is 0.0544. The largest absolute Gasteiger partial charge is 0.463 e. The number of benzene rings is 1. The molecule has 0 aliphatic rings. The molecule has 1 amide bonds. The van der Waals surface area contributed by atoms with Crippen molar-refractivity contribution >= 4 is 32.8 Å². The number of thiazole rings is 1. The highest BCUT2D eigenvalue weighted by atomic mass is 32.1. The van der Waals surface area contributed by atoms with Crippen molar-refractivity contribution < 1.29 is 15.1 Å². The van der Waals surface area contributed by atoms with Crippen LogP contribution >= 0.6 is 11.3 Å². The minimum Gasteiger partial charge on any atom is -0.463 e. The Morgan fingerprint density at radius 3 is 2.79 bits per heavy atom. The van der Waals surface area contributed by atoms with Gasteiger partial charge in [0.15, 0.2) is 0 Å². The van der Waals surface area contributed by atoms with Crippen molar-refractivity contribution in [3.8, 4) is 0 Å². The van der Waals surface area contributed by atoms with Crippen LogP contribution in [-0.4, -0.2) is 21.4 Å². The van der Waals surface area contributed by atoms with E-state index < -0.39 is 6.09 Å². The molecule has 0 radical (unpaired) electrons. The third-order valence-electron chi connectivity index (χ3n) is 1.64. The molecule has 72 valence electrons. The Kier molecular flexibility index (Phi) is 2.06. The second-order valence-corrected chi connectivity index (χ2v) is 3.57. The summed E-state index contributed by atoms with van der Waals surface area (Å²) in [5.41, 5.74) is 0.674. The third kappa shape index (κ3) is 1.40. The highest BCUT2D eigenvalue weighted by molar-refractivity contribution is 7.22. The first-order valence-electron chi connectivity index (χ1n) is 3.76. The summed E-state index contributed by atoms with van der Waals surface area (Å²) < 4.78 is 0.836. The summed E-state index contributed by atoms with van der Waals surface area (Å²) in [6, 6.07) is 7.19. The van der Waals surface area contributed by atoms with E-state index in [4.69, 9.17) is 10.3 Å². The Labute approximate surface area is 82.8 Å². The fourth-order valence-corrected chi connectivity index (χ4v) is 1.90. The van der Waals surface area contributed by atoms with Crippen molar-refractivity contribution in [3.05, 3.63) is 24.3 Å². The van der Waals surface area contributed by atoms with Gasteiger partial charge in [0.1, 0.15) is 0 Å². The van der Waals surface area contributed by atoms with Gasteiger partial charge in [-0.15, -0.1) is 5.06 Å². The Morgan fingerprint density at radius 2 is 2.14 bits per heavy atom. The molecule has 1 aromatic carbocycles. The predicted molar refractivity (Wildman–Crippen MR) is 51.9 cm³/mol. The van der Waals surface area contributed by atoms with E-state index >= 15 is 0 Å². The van der Waals surface area contributed by atoms with Crippen molar-refractivity contribution in [1.82, 2.24) is 4.98 Å². The number of nitrogens with zero attached hydrogens (tertiary/aromatic N) is 2. The molecule has 0 aliphatic heterocycles. The molecule has 0 saturated carbocycles. The Balaban J connectivity index is 2.50. The molecule has 2 rings (SSSR count). The zero-order valence-corrected chi connectivity index (χ0v) is 7.73. The van der Waals surface area contributed by atoms with Gasteiger partial charge in [-0.25, -0.2) is 9.78 Å². The lowest BCUT2D eigenvalue weighted by molar-refractivity contribution is 0.160. The van der Waals surface area contributed by atoms with E-state index in [9.17, 15) is 4.79 Å². The maximum absolute atomic E-state index is 10.4. The number of hydrogen-bond donors (Lipinski definition) is 2. The smallest absolute Gasteiger partial charge is 0.438 e. The molecule has 1 heterocycles. The van der Waals surface area contributed by atoms with Gasteiger partial charge >= 0.3 is 6.09 Å². The zero-order chi connectivity index (χ0) is 10.1. The molecule has 0 saturated heterocycles. The molecule has 2 N–H and O–H groups in total. The van der Waals surface area contributed by atoms with Gasteiger partial charge in [0.2, 0.25) is 5.13 Å². The van der Waals surface area contributed by atoms with E-state index in [0.717, 1.165) is 16.0 Å². The standard InChI is InChI=1S/C8H6N2O3S/c11-8(12)10(13)7-9-5-3-1-2-4-6(5)14-7/h1-4,13H,(H,11,12). The van der Waals surface area contributed by atoms with E-state index in [0.29, 0.717) is 5.52 Å². The third-order valence-corrected chi connectivity index (χ3v) is 2.66. The van der Waals surface area contributed by atoms with E-state index in [-0.39, 0.29) is 10.2 Å². The Hall–Kier alpha value is -1.66. The maximum Gasteiger partial charge on any atom is 0.438 e. The first-order chi connectivity index (χ1) is 6.68. The Morgan fingerprint density at radius 1 is 1.43 bits per heavy atom. The topological polar surface area (TPSA) is 73.7 Å². The van der Waals surface area contributed by atoms with E-state index in [2.05, 4.69) is 4.98 Å². The number of hydrogen-bond acceptors (Lipinski definition) is 4. The predicted octanol–water partition coefficient (Wildman–Crippen LogP) is 2.17. The molecule has 6 heteroatoms. The molecule has 0 aliphatic carbocycles. The van der Waals surface area contributed by atoms with Crippen LogP contribution in [0.2, 0.25) is 0 Å². The first kappa shape index (κ1) is 8.92. The molecular formula is C8H6N2O3S. The second-order valence-electron chi connectivity index (χ2n) is 2.56. The van der Waals surface area contributed by atoms with Gasteiger partial charge in [0.05, 0.1) is 10.2 Å². The molecule has 0 unspecified atom stereocenters. The minimum atomic E-state index is -1.44. The fourth-order valence-electron chi connectivity index (χ4n) is 1.03. The lowest BCUT2D eigenvalue weighted by Crippen LogP contribution is -2.24. The lowest BCUT2D eigenvalue weighted by Gasteiger charge is -2.03. The number of anilines is 1. The molecule has 14 heavy (non-hydrogen) atoms. The van der Waals surface area contributed by atoms with Crippen LogP contribution in [0.25, 0.3) is 10.2 Å². The molecule has 0 atom stereocenters. The van der Waals surface area contributed by atoms with E-state index in [1.807, 2.05) is 12.1 Å². The molecule has 1 aromatic heterocycles. The molecule has 0 spiro atoms. The number of para-hydroxylation sites is 1. The van der Waals surface area contributed by atoms with Crippen LogP contribution in [0.15, 0.2) is 24.3 Å². The highest BCUT2D eigenvalue weighted by Gasteiger charge is 2.15. The normalized spacial score (nSPS) is 10.4. The number of carboxylic acid groups (broad SMARTS) is 1. The first-order valence-corrected chi connectivity index (χ1v) is 4.57. The average molecular weight is 210 g/mol. The van der Waals surface area contributed by atoms with Gasteiger partial charge in [0.25, 0.3) is 0 Å². The molecule has 2 aromatic rings. The SMILES string of the molecule is O=C(O)N(O)c1nc2ccccc2s1. The van der Waals surface area contributed by atoms with Crippen molar-refractivity contribution in [1.29, 1.82) is 0 Å². The number of fused-ring (bicyclic) bond motifs is 1. The van der Waals surface area contributed by atoms with Crippen LogP contribution in [0.5, 0.6) is 0 Å².